The van der Waals surface area contributed by atoms with E-state index in [0.29, 0.717) is 11.1 Å². The Morgan fingerprint density at radius 2 is 1.80 bits per heavy atom. The summed E-state index contributed by atoms with van der Waals surface area (Å²) >= 11 is 6.14. The lowest BCUT2D eigenvalue weighted by molar-refractivity contribution is 0.0962. The number of ketones is 1. The van der Waals surface area contributed by atoms with Crippen molar-refractivity contribution in [1.29, 1.82) is 0 Å². The lowest BCUT2D eigenvalue weighted by atomic mass is 10.1. The molecule has 2 aromatic carbocycles. The van der Waals surface area contributed by atoms with Crippen molar-refractivity contribution in [3.63, 3.8) is 0 Å². The second-order valence-electron chi connectivity index (χ2n) is 4.43. The van der Waals surface area contributed by atoms with Crippen molar-refractivity contribution < 1.29 is 13.6 Å². The number of fused-ring (bicyclic) bond motifs is 1. The minimum absolute atomic E-state index is 0.204. The molecule has 0 fully saturated rings. The van der Waals surface area contributed by atoms with Crippen LogP contribution in [0.5, 0.6) is 0 Å². The number of hydrogen-bond acceptors (Lipinski definition) is 2. The van der Waals surface area contributed by atoms with Gasteiger partial charge < -0.3 is 4.42 Å². The third-order valence-corrected chi connectivity index (χ3v) is 3.51. The maximum atomic E-state index is 12.9. The topological polar surface area (TPSA) is 30.2 Å². The van der Waals surface area contributed by atoms with E-state index >= 15 is 0 Å². The predicted molar refractivity (Wildman–Crippen MR) is 75.5 cm³/mol. The SMILES string of the molecule is O=C(c1cc2ccccc2o1)C(Cl)c1ccc(F)cc1. The maximum Gasteiger partial charge on any atom is 0.220 e. The van der Waals surface area contributed by atoms with Crippen LogP contribution in [0.1, 0.15) is 21.5 Å². The van der Waals surface area contributed by atoms with E-state index in [1.54, 1.807) is 12.1 Å². The summed E-state index contributed by atoms with van der Waals surface area (Å²) in [5.74, 6) is -0.501. The van der Waals surface area contributed by atoms with Gasteiger partial charge in [-0.15, -0.1) is 11.6 Å². The first-order chi connectivity index (χ1) is 9.65. The smallest absolute Gasteiger partial charge is 0.220 e. The summed E-state index contributed by atoms with van der Waals surface area (Å²) < 4.78 is 18.4. The number of hydrogen-bond donors (Lipinski definition) is 0. The molecule has 3 aromatic rings. The zero-order valence-corrected chi connectivity index (χ0v) is 11.1. The zero-order chi connectivity index (χ0) is 14.1. The van der Waals surface area contributed by atoms with Gasteiger partial charge in [0.05, 0.1) is 0 Å². The highest BCUT2D eigenvalue weighted by molar-refractivity contribution is 6.33. The molecule has 0 aliphatic heterocycles. The first kappa shape index (κ1) is 12.9. The molecule has 4 heteroatoms. The Bertz CT molecular complexity index is 729. The van der Waals surface area contributed by atoms with Crippen LogP contribution in [-0.4, -0.2) is 5.78 Å². The molecule has 0 radical (unpaired) electrons. The van der Waals surface area contributed by atoms with Crippen LogP contribution < -0.4 is 0 Å². The van der Waals surface area contributed by atoms with E-state index in [0.717, 1.165) is 5.39 Å². The van der Waals surface area contributed by atoms with E-state index < -0.39 is 5.38 Å². The van der Waals surface area contributed by atoms with Crippen molar-refractivity contribution in [2.24, 2.45) is 0 Å². The van der Waals surface area contributed by atoms with Gasteiger partial charge in [0.15, 0.2) is 5.76 Å². The molecule has 0 saturated carbocycles. The summed E-state index contributed by atoms with van der Waals surface area (Å²) in [5, 5.41) is -0.0463. The summed E-state index contributed by atoms with van der Waals surface area (Å²) in [7, 11) is 0. The Labute approximate surface area is 119 Å². The fourth-order valence-electron chi connectivity index (χ4n) is 2.01. The standard InChI is InChI=1S/C16H10ClFO2/c17-15(10-5-7-12(18)8-6-10)16(19)14-9-11-3-1-2-4-13(11)20-14/h1-9,15H. The molecule has 1 unspecified atom stereocenters. The molecule has 0 aliphatic rings. The quantitative estimate of drug-likeness (QED) is 0.515. The number of carbonyl (C=O) groups excluding carboxylic acids is 1. The van der Waals surface area contributed by atoms with Gasteiger partial charge in [0, 0.05) is 5.39 Å². The maximum absolute atomic E-state index is 12.9. The minimum atomic E-state index is -0.892. The fraction of sp³-hybridized carbons (Fsp3) is 0.0625. The molecule has 0 spiro atoms. The average Bonchev–Trinajstić information content (AvgIpc) is 2.90. The van der Waals surface area contributed by atoms with Crippen LogP contribution in [0.15, 0.2) is 59.0 Å². The molecule has 3 rings (SSSR count). The van der Waals surface area contributed by atoms with Crippen LogP contribution in [0.2, 0.25) is 0 Å². The highest BCUT2D eigenvalue weighted by atomic mass is 35.5. The normalized spacial score (nSPS) is 12.5. The van der Waals surface area contributed by atoms with E-state index in [-0.39, 0.29) is 17.4 Å². The Morgan fingerprint density at radius 3 is 2.50 bits per heavy atom. The molecule has 0 bridgehead atoms. The molecule has 0 N–H and O–H groups in total. The number of rotatable bonds is 3. The van der Waals surface area contributed by atoms with Crippen LogP contribution in [0.3, 0.4) is 0 Å². The fourth-order valence-corrected chi connectivity index (χ4v) is 2.26. The van der Waals surface area contributed by atoms with Gasteiger partial charge >= 0.3 is 0 Å². The van der Waals surface area contributed by atoms with Crippen molar-refractivity contribution in [2.75, 3.05) is 0 Å². The van der Waals surface area contributed by atoms with Gasteiger partial charge in [0.2, 0.25) is 5.78 Å². The third kappa shape index (κ3) is 2.32. The van der Waals surface area contributed by atoms with Crippen LogP contribution in [0.25, 0.3) is 11.0 Å². The van der Waals surface area contributed by atoms with E-state index in [1.165, 1.54) is 24.3 Å². The van der Waals surface area contributed by atoms with Gasteiger partial charge in [-0.3, -0.25) is 4.79 Å². The summed E-state index contributed by atoms with van der Waals surface area (Å²) in [4.78, 5) is 12.3. The zero-order valence-electron chi connectivity index (χ0n) is 10.3. The predicted octanol–water partition coefficient (Wildman–Crippen LogP) is 4.73. The van der Waals surface area contributed by atoms with Gasteiger partial charge in [-0.2, -0.15) is 0 Å². The first-order valence-electron chi connectivity index (χ1n) is 6.07. The van der Waals surface area contributed by atoms with Crippen LogP contribution in [-0.2, 0) is 0 Å². The number of furan rings is 1. The van der Waals surface area contributed by atoms with Crippen molar-refractivity contribution in [2.45, 2.75) is 5.38 Å². The van der Waals surface area contributed by atoms with Gasteiger partial charge in [0.25, 0.3) is 0 Å². The Hall–Kier alpha value is -2.13. The minimum Gasteiger partial charge on any atom is -0.453 e. The van der Waals surface area contributed by atoms with Crippen molar-refractivity contribution in [1.82, 2.24) is 0 Å². The lowest BCUT2D eigenvalue weighted by Gasteiger charge is -2.06. The number of para-hydroxylation sites is 1. The molecular weight excluding hydrogens is 279 g/mol. The Morgan fingerprint density at radius 1 is 1.10 bits per heavy atom. The summed E-state index contributed by atoms with van der Waals surface area (Å²) in [6.07, 6.45) is 0. The summed E-state index contributed by atoms with van der Waals surface area (Å²) in [6, 6.07) is 14.5. The molecule has 1 atom stereocenters. The second-order valence-corrected chi connectivity index (χ2v) is 4.86. The van der Waals surface area contributed by atoms with Crippen LogP contribution in [0, 0.1) is 5.82 Å². The number of halogens is 2. The summed E-state index contributed by atoms with van der Waals surface area (Å²) in [5.41, 5.74) is 1.18. The van der Waals surface area contributed by atoms with Gasteiger partial charge in [-0.1, -0.05) is 30.3 Å². The molecule has 20 heavy (non-hydrogen) atoms. The van der Waals surface area contributed by atoms with Gasteiger partial charge in [-0.05, 0) is 29.8 Å². The third-order valence-electron chi connectivity index (χ3n) is 3.06. The molecule has 1 aromatic heterocycles. The molecule has 0 aliphatic carbocycles. The van der Waals surface area contributed by atoms with Crippen LogP contribution >= 0.6 is 11.6 Å². The van der Waals surface area contributed by atoms with Gasteiger partial charge in [-0.25, -0.2) is 4.39 Å². The van der Waals surface area contributed by atoms with Crippen LogP contribution in [0.4, 0.5) is 4.39 Å². The highest BCUT2D eigenvalue weighted by Gasteiger charge is 2.22. The monoisotopic (exact) mass is 288 g/mol. The van der Waals surface area contributed by atoms with E-state index in [1.807, 2.05) is 18.2 Å². The van der Waals surface area contributed by atoms with E-state index in [4.69, 9.17) is 16.0 Å². The summed E-state index contributed by atoms with van der Waals surface area (Å²) in [6.45, 7) is 0. The molecule has 0 saturated heterocycles. The Kier molecular flexibility index (Phi) is 3.28. The number of Topliss-reactive ketones (excluding diaryl/α,β-unsaturated/α-hetero) is 1. The number of alkyl halides is 1. The van der Waals surface area contributed by atoms with Crippen molar-refractivity contribution in [3.05, 3.63) is 71.7 Å². The molecular formula is C16H10ClFO2. The molecule has 100 valence electrons. The second kappa shape index (κ2) is 5.10. The average molecular weight is 289 g/mol. The highest BCUT2D eigenvalue weighted by Crippen LogP contribution is 2.28. The number of carbonyl (C=O) groups is 1. The van der Waals surface area contributed by atoms with E-state index in [2.05, 4.69) is 0 Å². The first-order valence-corrected chi connectivity index (χ1v) is 6.51. The lowest BCUT2D eigenvalue weighted by Crippen LogP contribution is -2.06. The largest absolute Gasteiger partial charge is 0.453 e. The van der Waals surface area contributed by atoms with Gasteiger partial charge in [0.1, 0.15) is 16.8 Å². The number of benzene rings is 2. The van der Waals surface area contributed by atoms with Crippen molar-refractivity contribution >= 4 is 28.4 Å². The molecule has 2 nitrogen and oxygen atoms in total. The van der Waals surface area contributed by atoms with E-state index in [9.17, 15) is 9.18 Å². The molecule has 0 amide bonds. The van der Waals surface area contributed by atoms with Crippen molar-refractivity contribution in [3.8, 4) is 0 Å². The molecule has 1 heterocycles. The Balaban J connectivity index is 1.93.